The number of aliphatic hydroxyl groups is 1. The van der Waals surface area contributed by atoms with E-state index in [0.29, 0.717) is 5.92 Å². The highest BCUT2D eigenvalue weighted by molar-refractivity contribution is 5.22. The van der Waals surface area contributed by atoms with E-state index in [2.05, 4.69) is 15.5 Å². The van der Waals surface area contributed by atoms with Crippen molar-refractivity contribution in [3.8, 4) is 0 Å². The molecule has 3 N–H and O–H groups in total. The molecule has 2 rings (SSSR count). The van der Waals surface area contributed by atoms with Crippen molar-refractivity contribution < 1.29 is 5.11 Å². The zero-order valence-corrected chi connectivity index (χ0v) is 9.38. The van der Waals surface area contributed by atoms with Gasteiger partial charge in [-0.15, -0.1) is 0 Å². The van der Waals surface area contributed by atoms with E-state index in [1.807, 2.05) is 13.8 Å². The molecule has 1 heterocycles. The van der Waals surface area contributed by atoms with E-state index in [1.165, 1.54) is 5.56 Å². The molecule has 0 atom stereocenters. The van der Waals surface area contributed by atoms with E-state index in [9.17, 15) is 0 Å². The lowest BCUT2D eigenvalue weighted by molar-refractivity contribution is 0.0429. The molecule has 0 saturated heterocycles. The largest absolute Gasteiger partial charge is 0.393 e. The van der Waals surface area contributed by atoms with Crippen LogP contribution in [0.2, 0.25) is 0 Å². The fraction of sp³-hybridized carbons (Fsp3) is 0.727. The first kappa shape index (κ1) is 10.6. The Kier molecular flexibility index (Phi) is 3.07. The van der Waals surface area contributed by atoms with Crippen molar-refractivity contribution in [3.05, 3.63) is 17.0 Å². The molecule has 1 aromatic heterocycles. The van der Waals surface area contributed by atoms with Gasteiger partial charge in [0.15, 0.2) is 0 Å². The normalized spacial score (nSPS) is 25.3. The number of rotatable bonds is 4. The van der Waals surface area contributed by atoms with Gasteiger partial charge in [0.25, 0.3) is 0 Å². The number of H-pyrrole nitrogens is 1. The summed E-state index contributed by atoms with van der Waals surface area (Å²) in [6.07, 6.45) is 1.86. The van der Waals surface area contributed by atoms with Gasteiger partial charge in [-0.25, -0.2) is 0 Å². The summed E-state index contributed by atoms with van der Waals surface area (Å²) in [6.45, 7) is 5.94. The lowest BCUT2D eigenvalue weighted by atomic mass is 9.82. The number of aromatic amines is 1. The van der Waals surface area contributed by atoms with Gasteiger partial charge in [-0.3, -0.25) is 5.10 Å². The summed E-state index contributed by atoms with van der Waals surface area (Å²) in [5.41, 5.74) is 3.50. The zero-order chi connectivity index (χ0) is 10.8. The molecule has 1 fully saturated rings. The average molecular weight is 209 g/mol. The second-order valence-electron chi connectivity index (χ2n) is 4.53. The molecule has 0 radical (unpaired) electrons. The maximum absolute atomic E-state index is 9.15. The first-order valence-electron chi connectivity index (χ1n) is 5.56. The van der Waals surface area contributed by atoms with Crippen molar-refractivity contribution in [2.75, 3.05) is 6.54 Å². The topological polar surface area (TPSA) is 60.9 Å². The van der Waals surface area contributed by atoms with Crippen LogP contribution in [0.1, 0.15) is 29.8 Å². The molecule has 4 heteroatoms. The van der Waals surface area contributed by atoms with E-state index < -0.39 is 0 Å². The highest BCUT2D eigenvalue weighted by atomic mass is 16.3. The molecule has 0 unspecified atom stereocenters. The molecule has 84 valence electrons. The smallest absolute Gasteiger partial charge is 0.0638 e. The van der Waals surface area contributed by atoms with Gasteiger partial charge in [0.1, 0.15) is 0 Å². The molecular weight excluding hydrogens is 190 g/mol. The van der Waals surface area contributed by atoms with Gasteiger partial charge < -0.3 is 10.4 Å². The molecule has 1 aliphatic rings. The van der Waals surface area contributed by atoms with Gasteiger partial charge in [-0.2, -0.15) is 5.10 Å². The SMILES string of the molecule is Cc1n[nH]c(C)c1CNCC1CC(O)C1. The molecule has 0 aliphatic heterocycles. The van der Waals surface area contributed by atoms with E-state index in [1.54, 1.807) is 0 Å². The minimum absolute atomic E-state index is 0.0470. The molecule has 1 aromatic rings. The van der Waals surface area contributed by atoms with Gasteiger partial charge in [-0.1, -0.05) is 0 Å². The fourth-order valence-corrected chi connectivity index (χ4v) is 2.10. The van der Waals surface area contributed by atoms with Crippen molar-refractivity contribution in [2.24, 2.45) is 5.92 Å². The molecule has 0 bridgehead atoms. The summed E-state index contributed by atoms with van der Waals surface area (Å²) in [5, 5.41) is 19.7. The van der Waals surface area contributed by atoms with Crippen LogP contribution < -0.4 is 5.32 Å². The van der Waals surface area contributed by atoms with Crippen LogP contribution in [0, 0.1) is 19.8 Å². The lowest BCUT2D eigenvalue weighted by Gasteiger charge is -2.31. The van der Waals surface area contributed by atoms with Gasteiger partial charge in [0.2, 0.25) is 0 Å². The maximum Gasteiger partial charge on any atom is 0.0638 e. The predicted octanol–water partition coefficient (Wildman–Crippen LogP) is 0.887. The number of hydrogen-bond acceptors (Lipinski definition) is 3. The summed E-state index contributed by atoms with van der Waals surface area (Å²) < 4.78 is 0. The summed E-state index contributed by atoms with van der Waals surface area (Å²) in [7, 11) is 0. The molecule has 1 saturated carbocycles. The number of nitrogens with zero attached hydrogens (tertiary/aromatic N) is 1. The first-order valence-corrected chi connectivity index (χ1v) is 5.56. The Morgan fingerprint density at radius 2 is 2.20 bits per heavy atom. The molecule has 0 aromatic carbocycles. The Hall–Kier alpha value is -0.870. The monoisotopic (exact) mass is 209 g/mol. The molecule has 0 amide bonds. The van der Waals surface area contributed by atoms with Gasteiger partial charge >= 0.3 is 0 Å². The molecule has 15 heavy (non-hydrogen) atoms. The van der Waals surface area contributed by atoms with Crippen molar-refractivity contribution in [1.29, 1.82) is 0 Å². The van der Waals surface area contributed by atoms with Crippen LogP contribution in [0.25, 0.3) is 0 Å². The summed E-state index contributed by atoms with van der Waals surface area (Å²) in [6, 6.07) is 0. The minimum atomic E-state index is -0.0470. The number of aromatic nitrogens is 2. The molecule has 0 spiro atoms. The third kappa shape index (κ3) is 2.38. The second-order valence-corrected chi connectivity index (χ2v) is 4.53. The Balaban J connectivity index is 1.74. The number of aryl methyl sites for hydroxylation is 2. The van der Waals surface area contributed by atoms with E-state index in [-0.39, 0.29) is 6.10 Å². The predicted molar refractivity (Wildman–Crippen MR) is 58.5 cm³/mol. The van der Waals surface area contributed by atoms with Crippen molar-refractivity contribution >= 4 is 0 Å². The van der Waals surface area contributed by atoms with Gasteiger partial charge in [0.05, 0.1) is 11.8 Å². The van der Waals surface area contributed by atoms with Crippen LogP contribution in [0.15, 0.2) is 0 Å². The third-order valence-electron chi connectivity index (χ3n) is 3.23. The van der Waals surface area contributed by atoms with Crippen LogP contribution >= 0.6 is 0 Å². The lowest BCUT2D eigenvalue weighted by Crippen LogP contribution is -2.36. The average Bonchev–Trinajstić information content (AvgIpc) is 2.46. The van der Waals surface area contributed by atoms with Crippen molar-refractivity contribution in [1.82, 2.24) is 15.5 Å². The highest BCUT2D eigenvalue weighted by Crippen LogP contribution is 2.26. The highest BCUT2D eigenvalue weighted by Gasteiger charge is 2.26. The van der Waals surface area contributed by atoms with Crippen molar-refractivity contribution in [2.45, 2.75) is 39.3 Å². The Morgan fingerprint density at radius 1 is 1.47 bits per heavy atom. The van der Waals surface area contributed by atoms with Crippen LogP contribution in [-0.4, -0.2) is 28.0 Å². The molecule has 4 nitrogen and oxygen atoms in total. The number of hydrogen-bond donors (Lipinski definition) is 3. The van der Waals surface area contributed by atoms with Crippen LogP contribution in [0.5, 0.6) is 0 Å². The second kappa shape index (κ2) is 4.33. The third-order valence-corrected chi connectivity index (χ3v) is 3.23. The van der Waals surface area contributed by atoms with E-state index >= 15 is 0 Å². The first-order chi connectivity index (χ1) is 7.16. The van der Waals surface area contributed by atoms with Crippen LogP contribution in [-0.2, 0) is 6.54 Å². The molecular formula is C11H19N3O. The standard InChI is InChI=1S/C11H19N3O/c1-7-11(8(2)14-13-7)6-12-5-9-3-10(15)4-9/h9-10,12,15H,3-6H2,1-2H3,(H,13,14). The van der Waals surface area contributed by atoms with Crippen molar-refractivity contribution in [3.63, 3.8) is 0 Å². The number of nitrogens with one attached hydrogen (secondary N) is 2. The Labute approximate surface area is 90.1 Å². The number of aliphatic hydroxyl groups excluding tert-OH is 1. The van der Waals surface area contributed by atoms with Crippen LogP contribution in [0.3, 0.4) is 0 Å². The van der Waals surface area contributed by atoms with E-state index in [4.69, 9.17) is 5.11 Å². The summed E-state index contributed by atoms with van der Waals surface area (Å²) >= 11 is 0. The minimum Gasteiger partial charge on any atom is -0.393 e. The summed E-state index contributed by atoms with van der Waals surface area (Å²) in [5.74, 6) is 0.660. The van der Waals surface area contributed by atoms with Gasteiger partial charge in [0, 0.05) is 17.8 Å². The van der Waals surface area contributed by atoms with E-state index in [0.717, 1.165) is 37.3 Å². The van der Waals surface area contributed by atoms with Gasteiger partial charge in [-0.05, 0) is 39.2 Å². The zero-order valence-electron chi connectivity index (χ0n) is 9.38. The maximum atomic E-state index is 9.15. The molecule has 1 aliphatic carbocycles. The van der Waals surface area contributed by atoms with Crippen LogP contribution in [0.4, 0.5) is 0 Å². The summed E-state index contributed by atoms with van der Waals surface area (Å²) in [4.78, 5) is 0. The Bertz CT molecular complexity index is 309. The fourth-order valence-electron chi connectivity index (χ4n) is 2.10. The Morgan fingerprint density at radius 3 is 2.73 bits per heavy atom. The quantitative estimate of drug-likeness (QED) is 0.690.